The SMILES string of the molecule is CCNC(c1c(Br)cnn1C)C1CCc2ccccc2C1. The number of aryl methyl sites for hydroxylation is 2. The standard InChI is InChI=1S/C17H22BrN3/c1-3-19-16(17-15(18)11-20-21(17)2)14-9-8-12-6-4-5-7-13(12)10-14/h4-7,11,14,16,19H,3,8-10H2,1-2H3. The number of hydrogen-bond donors (Lipinski definition) is 1. The van der Waals surface area contributed by atoms with Gasteiger partial charge in [-0.15, -0.1) is 0 Å². The Kier molecular flexibility index (Phi) is 4.45. The van der Waals surface area contributed by atoms with Gasteiger partial charge < -0.3 is 5.32 Å². The quantitative estimate of drug-likeness (QED) is 0.914. The van der Waals surface area contributed by atoms with E-state index in [4.69, 9.17) is 0 Å². The van der Waals surface area contributed by atoms with Crippen LogP contribution in [0, 0.1) is 5.92 Å². The number of aromatic nitrogens is 2. The Labute approximate surface area is 134 Å². The summed E-state index contributed by atoms with van der Waals surface area (Å²) in [7, 11) is 2.03. The van der Waals surface area contributed by atoms with Crippen LogP contribution < -0.4 is 5.32 Å². The number of fused-ring (bicyclic) bond motifs is 1. The highest BCUT2D eigenvalue weighted by Crippen LogP contribution is 2.36. The van der Waals surface area contributed by atoms with Crippen LogP contribution in [0.15, 0.2) is 34.9 Å². The average Bonchev–Trinajstić information content (AvgIpc) is 2.84. The van der Waals surface area contributed by atoms with Crippen molar-refractivity contribution in [3.05, 3.63) is 51.8 Å². The maximum atomic E-state index is 4.39. The molecule has 3 nitrogen and oxygen atoms in total. The van der Waals surface area contributed by atoms with E-state index in [1.165, 1.54) is 29.7 Å². The Hall–Kier alpha value is -1.13. The first-order valence-electron chi connectivity index (χ1n) is 7.68. The van der Waals surface area contributed by atoms with E-state index in [1.54, 1.807) is 0 Å². The fourth-order valence-electron chi connectivity index (χ4n) is 3.49. The van der Waals surface area contributed by atoms with Crippen molar-refractivity contribution < 1.29 is 0 Å². The van der Waals surface area contributed by atoms with Crippen LogP contribution in [0.25, 0.3) is 0 Å². The van der Waals surface area contributed by atoms with Gasteiger partial charge in [-0.3, -0.25) is 4.68 Å². The summed E-state index contributed by atoms with van der Waals surface area (Å²) in [5.41, 5.74) is 4.30. The molecule has 2 unspecified atom stereocenters. The highest BCUT2D eigenvalue weighted by atomic mass is 79.9. The van der Waals surface area contributed by atoms with Crippen LogP contribution >= 0.6 is 15.9 Å². The molecule has 0 aliphatic heterocycles. The van der Waals surface area contributed by atoms with Crippen molar-refractivity contribution in [1.82, 2.24) is 15.1 Å². The molecular formula is C17H22BrN3. The molecule has 0 fully saturated rings. The lowest BCUT2D eigenvalue weighted by Gasteiger charge is -2.32. The molecule has 0 amide bonds. The topological polar surface area (TPSA) is 29.9 Å². The molecular weight excluding hydrogens is 326 g/mol. The Morgan fingerprint density at radius 1 is 1.38 bits per heavy atom. The lowest BCUT2D eigenvalue weighted by Crippen LogP contribution is -2.33. The van der Waals surface area contributed by atoms with E-state index in [1.807, 2.05) is 17.9 Å². The summed E-state index contributed by atoms with van der Waals surface area (Å²) in [5.74, 6) is 0.617. The summed E-state index contributed by atoms with van der Waals surface area (Å²) in [6.07, 6.45) is 5.45. The van der Waals surface area contributed by atoms with E-state index in [2.05, 4.69) is 57.5 Å². The molecule has 112 valence electrons. The van der Waals surface area contributed by atoms with Crippen molar-refractivity contribution in [1.29, 1.82) is 0 Å². The third-order valence-corrected chi connectivity index (χ3v) is 5.12. The largest absolute Gasteiger partial charge is 0.309 e. The maximum absolute atomic E-state index is 4.39. The predicted molar refractivity (Wildman–Crippen MR) is 89.3 cm³/mol. The third-order valence-electron chi connectivity index (χ3n) is 4.51. The summed E-state index contributed by atoms with van der Waals surface area (Å²) in [6.45, 7) is 3.15. The van der Waals surface area contributed by atoms with Gasteiger partial charge in [0.1, 0.15) is 0 Å². The predicted octanol–water partition coefficient (Wildman–Crippen LogP) is 3.64. The van der Waals surface area contributed by atoms with Crippen LogP contribution in [0.1, 0.15) is 36.2 Å². The Morgan fingerprint density at radius 2 is 2.14 bits per heavy atom. The lowest BCUT2D eigenvalue weighted by molar-refractivity contribution is 0.316. The van der Waals surface area contributed by atoms with Crippen molar-refractivity contribution in [2.75, 3.05) is 6.54 Å². The first kappa shape index (κ1) is 14.8. The van der Waals surface area contributed by atoms with Crippen molar-refractivity contribution in [3.63, 3.8) is 0 Å². The van der Waals surface area contributed by atoms with Gasteiger partial charge in [-0.05, 0) is 58.8 Å². The highest BCUT2D eigenvalue weighted by molar-refractivity contribution is 9.10. The van der Waals surface area contributed by atoms with E-state index in [0.29, 0.717) is 12.0 Å². The zero-order chi connectivity index (χ0) is 14.8. The molecule has 1 aliphatic rings. The molecule has 0 saturated heterocycles. The van der Waals surface area contributed by atoms with Crippen molar-refractivity contribution in [2.45, 2.75) is 32.2 Å². The van der Waals surface area contributed by atoms with Gasteiger partial charge in [0.15, 0.2) is 0 Å². The second-order valence-electron chi connectivity index (χ2n) is 5.81. The summed E-state index contributed by atoms with van der Waals surface area (Å²) in [6, 6.07) is 9.21. The van der Waals surface area contributed by atoms with Crippen LogP contribution in [-0.4, -0.2) is 16.3 Å². The maximum Gasteiger partial charge on any atom is 0.0695 e. The average molecular weight is 348 g/mol. The minimum atomic E-state index is 0.352. The van der Waals surface area contributed by atoms with Crippen LogP contribution in [0.2, 0.25) is 0 Å². The fourth-order valence-corrected chi connectivity index (χ4v) is 4.08. The molecule has 0 bridgehead atoms. The Morgan fingerprint density at radius 3 is 2.81 bits per heavy atom. The van der Waals surface area contributed by atoms with Gasteiger partial charge in [0.05, 0.1) is 22.4 Å². The van der Waals surface area contributed by atoms with Crippen molar-refractivity contribution in [3.8, 4) is 0 Å². The van der Waals surface area contributed by atoms with Gasteiger partial charge in [-0.25, -0.2) is 0 Å². The van der Waals surface area contributed by atoms with Crippen LogP contribution in [0.3, 0.4) is 0 Å². The number of nitrogens with zero attached hydrogens (tertiary/aromatic N) is 2. The van der Waals surface area contributed by atoms with Gasteiger partial charge >= 0.3 is 0 Å². The minimum Gasteiger partial charge on any atom is -0.309 e. The summed E-state index contributed by atoms with van der Waals surface area (Å²) < 4.78 is 3.10. The Balaban J connectivity index is 1.89. The fraction of sp³-hybridized carbons (Fsp3) is 0.471. The zero-order valence-electron chi connectivity index (χ0n) is 12.6. The van der Waals surface area contributed by atoms with E-state index in [-0.39, 0.29) is 0 Å². The molecule has 0 saturated carbocycles. The molecule has 21 heavy (non-hydrogen) atoms. The first-order chi connectivity index (χ1) is 10.2. The van der Waals surface area contributed by atoms with Gasteiger partial charge in [0.25, 0.3) is 0 Å². The number of halogens is 1. The third kappa shape index (κ3) is 2.92. The van der Waals surface area contributed by atoms with E-state index in [0.717, 1.165) is 17.4 Å². The molecule has 0 radical (unpaired) electrons. The second-order valence-corrected chi connectivity index (χ2v) is 6.66. The molecule has 3 rings (SSSR count). The molecule has 2 atom stereocenters. The highest BCUT2D eigenvalue weighted by Gasteiger charge is 2.30. The molecule has 2 aromatic rings. The molecule has 0 spiro atoms. The van der Waals surface area contributed by atoms with E-state index >= 15 is 0 Å². The number of hydrogen-bond acceptors (Lipinski definition) is 2. The Bertz CT molecular complexity index is 601. The summed E-state index contributed by atoms with van der Waals surface area (Å²) in [5, 5.41) is 8.06. The van der Waals surface area contributed by atoms with Crippen LogP contribution in [0.4, 0.5) is 0 Å². The van der Waals surface area contributed by atoms with Crippen molar-refractivity contribution >= 4 is 15.9 Å². The van der Waals surface area contributed by atoms with Gasteiger partial charge in [0.2, 0.25) is 0 Å². The number of benzene rings is 1. The van der Waals surface area contributed by atoms with E-state index < -0.39 is 0 Å². The molecule has 1 aromatic heterocycles. The van der Waals surface area contributed by atoms with Crippen molar-refractivity contribution in [2.24, 2.45) is 13.0 Å². The second kappa shape index (κ2) is 6.32. The van der Waals surface area contributed by atoms with E-state index in [9.17, 15) is 0 Å². The molecule has 1 N–H and O–H groups in total. The smallest absolute Gasteiger partial charge is 0.0695 e. The first-order valence-corrected chi connectivity index (χ1v) is 8.47. The molecule has 4 heteroatoms. The van der Waals surface area contributed by atoms with Gasteiger partial charge in [0, 0.05) is 7.05 Å². The van der Waals surface area contributed by atoms with Crippen LogP contribution in [-0.2, 0) is 19.9 Å². The van der Waals surface area contributed by atoms with Gasteiger partial charge in [-0.1, -0.05) is 31.2 Å². The minimum absolute atomic E-state index is 0.352. The number of rotatable bonds is 4. The monoisotopic (exact) mass is 347 g/mol. The lowest BCUT2D eigenvalue weighted by atomic mass is 9.79. The normalized spacial score (nSPS) is 19.3. The van der Waals surface area contributed by atoms with Gasteiger partial charge in [-0.2, -0.15) is 5.10 Å². The number of nitrogens with one attached hydrogen (secondary N) is 1. The molecule has 1 aromatic carbocycles. The van der Waals surface area contributed by atoms with Crippen LogP contribution in [0.5, 0.6) is 0 Å². The summed E-state index contributed by atoms with van der Waals surface area (Å²) in [4.78, 5) is 0. The zero-order valence-corrected chi connectivity index (χ0v) is 14.2. The molecule has 1 heterocycles. The molecule has 1 aliphatic carbocycles. The summed E-state index contributed by atoms with van der Waals surface area (Å²) >= 11 is 3.66.